The summed E-state index contributed by atoms with van der Waals surface area (Å²) in [5.74, 6) is -0.211. The van der Waals surface area contributed by atoms with Crippen LogP contribution >= 0.6 is 11.3 Å². The topological polar surface area (TPSA) is 94.9 Å². The molecule has 3 aromatic rings. The fourth-order valence-electron chi connectivity index (χ4n) is 3.37. The molecule has 7 heteroatoms. The van der Waals surface area contributed by atoms with E-state index in [1.54, 1.807) is 24.4 Å². The van der Waals surface area contributed by atoms with Gasteiger partial charge in [0.15, 0.2) is 0 Å². The molecule has 0 fully saturated rings. The second-order valence-corrected chi connectivity index (χ2v) is 8.55. The summed E-state index contributed by atoms with van der Waals surface area (Å²) in [4.78, 5) is 28.1. The van der Waals surface area contributed by atoms with Crippen LogP contribution in [0.5, 0.6) is 0 Å². The van der Waals surface area contributed by atoms with Crippen LogP contribution in [-0.2, 0) is 6.42 Å². The molecular formula is C24H20N4O2S. The van der Waals surface area contributed by atoms with Crippen LogP contribution in [0.25, 0.3) is 16.8 Å². The van der Waals surface area contributed by atoms with Crippen molar-refractivity contribution in [3.8, 4) is 17.3 Å². The molecule has 2 N–H and O–H groups in total. The molecule has 4 rings (SSSR count). The molecule has 154 valence electrons. The van der Waals surface area contributed by atoms with E-state index in [4.69, 9.17) is 0 Å². The van der Waals surface area contributed by atoms with Gasteiger partial charge in [0, 0.05) is 22.8 Å². The molecule has 2 heterocycles. The summed E-state index contributed by atoms with van der Waals surface area (Å²) in [6.07, 6.45) is 2.60. The van der Waals surface area contributed by atoms with Crippen LogP contribution < -0.4 is 10.6 Å². The predicted molar refractivity (Wildman–Crippen MR) is 122 cm³/mol. The maximum absolute atomic E-state index is 11.8. The average Bonchev–Trinajstić information content (AvgIpc) is 3.34. The molecule has 0 saturated heterocycles. The highest BCUT2D eigenvalue weighted by Crippen LogP contribution is 2.27. The molecule has 0 saturated carbocycles. The molecule has 1 aliphatic rings. The van der Waals surface area contributed by atoms with E-state index in [2.05, 4.69) is 59.8 Å². The third-order valence-electron chi connectivity index (χ3n) is 4.87. The number of thiazole rings is 1. The zero-order valence-corrected chi connectivity index (χ0v) is 17.9. The van der Waals surface area contributed by atoms with Gasteiger partial charge < -0.3 is 5.32 Å². The van der Waals surface area contributed by atoms with E-state index in [-0.39, 0.29) is 0 Å². The SMILES string of the molecule is CC(C)Cc1ccc(-c2csc(C(C#N)=CNc3ccc4c(c3)C(=O)NC4=O)n2)cc1. The zero-order valence-electron chi connectivity index (χ0n) is 17.1. The maximum atomic E-state index is 11.8. The third kappa shape index (κ3) is 4.39. The number of fused-ring (bicyclic) bond motifs is 1. The van der Waals surface area contributed by atoms with Gasteiger partial charge in [-0.2, -0.15) is 5.26 Å². The Morgan fingerprint density at radius 2 is 1.90 bits per heavy atom. The summed E-state index contributed by atoms with van der Waals surface area (Å²) in [7, 11) is 0. The monoisotopic (exact) mass is 428 g/mol. The summed E-state index contributed by atoms with van der Waals surface area (Å²) in [6, 6.07) is 15.4. The quantitative estimate of drug-likeness (QED) is 0.431. The number of carbonyl (C=O) groups excluding carboxylic acids is 2. The third-order valence-corrected chi connectivity index (χ3v) is 5.74. The highest BCUT2D eigenvalue weighted by Gasteiger charge is 2.26. The van der Waals surface area contributed by atoms with Gasteiger partial charge in [-0.05, 0) is 36.1 Å². The van der Waals surface area contributed by atoms with Crippen molar-refractivity contribution in [3.63, 3.8) is 0 Å². The molecule has 6 nitrogen and oxygen atoms in total. The highest BCUT2D eigenvalue weighted by molar-refractivity contribution is 7.11. The number of nitriles is 1. The Kier molecular flexibility index (Phi) is 5.65. The van der Waals surface area contributed by atoms with Crippen molar-refractivity contribution in [1.29, 1.82) is 5.26 Å². The Morgan fingerprint density at radius 1 is 1.16 bits per heavy atom. The molecule has 0 unspecified atom stereocenters. The predicted octanol–water partition coefficient (Wildman–Crippen LogP) is 4.87. The van der Waals surface area contributed by atoms with Crippen LogP contribution in [0.2, 0.25) is 0 Å². The van der Waals surface area contributed by atoms with E-state index in [0.717, 1.165) is 17.7 Å². The lowest BCUT2D eigenvalue weighted by molar-refractivity contribution is 0.0879. The first kappa shape index (κ1) is 20.5. The minimum absolute atomic E-state index is 0.319. The number of hydrogen-bond donors (Lipinski definition) is 2. The van der Waals surface area contributed by atoms with Gasteiger partial charge in [0.25, 0.3) is 11.8 Å². The molecule has 0 atom stereocenters. The largest absolute Gasteiger partial charge is 0.360 e. The molecule has 0 bridgehead atoms. The van der Waals surface area contributed by atoms with Gasteiger partial charge in [0.1, 0.15) is 16.6 Å². The van der Waals surface area contributed by atoms with E-state index >= 15 is 0 Å². The highest BCUT2D eigenvalue weighted by atomic mass is 32.1. The first-order valence-electron chi connectivity index (χ1n) is 9.86. The number of nitrogens with zero attached hydrogens (tertiary/aromatic N) is 2. The van der Waals surface area contributed by atoms with E-state index in [1.165, 1.54) is 16.9 Å². The van der Waals surface area contributed by atoms with Crippen molar-refractivity contribution >= 4 is 34.4 Å². The van der Waals surface area contributed by atoms with Crippen molar-refractivity contribution < 1.29 is 9.59 Å². The van der Waals surface area contributed by atoms with Crippen LogP contribution in [0.3, 0.4) is 0 Å². The number of nitrogens with one attached hydrogen (secondary N) is 2. The van der Waals surface area contributed by atoms with Gasteiger partial charge in [-0.25, -0.2) is 4.98 Å². The van der Waals surface area contributed by atoms with Gasteiger partial charge in [-0.15, -0.1) is 11.3 Å². The van der Waals surface area contributed by atoms with Crippen molar-refractivity contribution in [2.45, 2.75) is 20.3 Å². The molecule has 0 aliphatic carbocycles. The molecule has 1 aromatic heterocycles. The van der Waals surface area contributed by atoms with E-state index < -0.39 is 11.8 Å². The molecule has 2 aromatic carbocycles. The minimum atomic E-state index is -0.419. The lowest BCUT2D eigenvalue weighted by Gasteiger charge is -2.05. The first-order valence-corrected chi connectivity index (χ1v) is 10.7. The summed E-state index contributed by atoms with van der Waals surface area (Å²) in [6.45, 7) is 4.39. The van der Waals surface area contributed by atoms with Crippen LogP contribution in [0, 0.1) is 17.2 Å². The van der Waals surface area contributed by atoms with Gasteiger partial charge >= 0.3 is 0 Å². The van der Waals surface area contributed by atoms with E-state index in [9.17, 15) is 14.9 Å². The summed E-state index contributed by atoms with van der Waals surface area (Å²) < 4.78 is 0. The molecule has 2 amide bonds. The molecule has 0 spiro atoms. The van der Waals surface area contributed by atoms with Gasteiger partial charge in [0.05, 0.1) is 16.8 Å². The number of hydrogen-bond acceptors (Lipinski definition) is 6. The minimum Gasteiger partial charge on any atom is -0.360 e. The van der Waals surface area contributed by atoms with Crippen LogP contribution in [0.15, 0.2) is 54.0 Å². The Bertz CT molecular complexity index is 1230. The first-order chi connectivity index (χ1) is 14.9. The summed E-state index contributed by atoms with van der Waals surface area (Å²) in [5, 5.41) is 17.4. The molecule has 1 aliphatic heterocycles. The molecular weight excluding hydrogens is 408 g/mol. The van der Waals surface area contributed by atoms with Crippen LogP contribution in [0.1, 0.15) is 45.1 Å². The van der Waals surface area contributed by atoms with Crippen molar-refractivity contribution in [3.05, 3.63) is 75.7 Å². The molecule has 0 radical (unpaired) electrons. The molecule has 31 heavy (non-hydrogen) atoms. The maximum Gasteiger partial charge on any atom is 0.259 e. The Labute approximate surface area is 184 Å². The number of amides is 2. The smallest absolute Gasteiger partial charge is 0.259 e. The second-order valence-electron chi connectivity index (χ2n) is 7.69. The van der Waals surface area contributed by atoms with Crippen molar-refractivity contribution in [2.24, 2.45) is 5.92 Å². The van der Waals surface area contributed by atoms with Gasteiger partial charge in [-0.3, -0.25) is 14.9 Å². The number of imide groups is 1. The fraction of sp³-hybridized carbons (Fsp3) is 0.167. The van der Waals surface area contributed by atoms with Crippen LogP contribution in [0.4, 0.5) is 5.69 Å². The normalized spacial score (nSPS) is 13.2. The Balaban J connectivity index is 1.51. The van der Waals surface area contributed by atoms with Gasteiger partial charge in [-0.1, -0.05) is 38.1 Å². The number of benzene rings is 2. The lowest BCUT2D eigenvalue weighted by atomic mass is 10.0. The zero-order chi connectivity index (χ0) is 22.0. The number of anilines is 1. The standard InChI is InChI=1S/C24H20N4O2S/c1-14(2)9-15-3-5-16(6-4-15)21-13-31-24(27-21)17(11-25)12-26-18-7-8-19-20(10-18)23(30)28-22(19)29/h3-8,10,12-14,26H,9H2,1-2H3,(H,28,29,30). The number of carbonyl (C=O) groups is 2. The number of aromatic nitrogens is 1. The van der Waals surface area contributed by atoms with Gasteiger partial charge in [0.2, 0.25) is 0 Å². The Morgan fingerprint density at radius 3 is 2.61 bits per heavy atom. The van der Waals surface area contributed by atoms with E-state index in [1.807, 2.05) is 5.38 Å². The van der Waals surface area contributed by atoms with Crippen LogP contribution in [-0.4, -0.2) is 16.8 Å². The van der Waals surface area contributed by atoms with E-state index in [0.29, 0.717) is 33.3 Å². The number of allylic oxidation sites excluding steroid dienone is 1. The number of rotatable bonds is 6. The Hall–Kier alpha value is -3.76. The summed E-state index contributed by atoms with van der Waals surface area (Å²) >= 11 is 1.40. The van der Waals surface area contributed by atoms with Crippen molar-refractivity contribution in [1.82, 2.24) is 10.3 Å². The lowest BCUT2D eigenvalue weighted by Crippen LogP contribution is -2.19. The average molecular weight is 429 g/mol. The van der Waals surface area contributed by atoms with Crippen molar-refractivity contribution in [2.75, 3.05) is 5.32 Å². The second kappa shape index (κ2) is 8.54. The summed E-state index contributed by atoms with van der Waals surface area (Å²) in [5.41, 5.74) is 4.78. The fourth-order valence-corrected chi connectivity index (χ4v) is 4.16.